The van der Waals surface area contributed by atoms with Crippen LogP contribution in [0.2, 0.25) is 0 Å². The highest BCUT2D eigenvalue weighted by Gasteiger charge is 2.49. The first kappa shape index (κ1) is 21.2. The number of hydrogen-bond acceptors (Lipinski definition) is 6. The third-order valence-electron chi connectivity index (χ3n) is 4.45. The number of carbonyl (C=O) groups excluding carboxylic acids is 3. The van der Waals surface area contributed by atoms with E-state index in [1.807, 2.05) is 0 Å². The zero-order valence-corrected chi connectivity index (χ0v) is 16.2. The number of aromatic nitrogens is 1. The third kappa shape index (κ3) is 5.09. The fourth-order valence-electron chi connectivity index (χ4n) is 3.01. The van der Waals surface area contributed by atoms with Gasteiger partial charge in [0.05, 0.1) is 11.9 Å². The van der Waals surface area contributed by atoms with Gasteiger partial charge >= 0.3 is 6.09 Å². The minimum atomic E-state index is -2.29. The number of carbonyl (C=O) groups is 3. The Morgan fingerprint density at radius 3 is 2.80 bits per heavy atom. The molecule has 1 aromatic carbocycles. The quantitative estimate of drug-likeness (QED) is 0.615. The standard InChI is InChI=1S/C20H21FN4O5/c1-13(26)24-17-6-5-16(12-23-17)25-10-8-20(29,18(25)27)30-19(28)22-9-7-14-3-2-4-15(21)11-14/h2-6,11-12,29H,7-10H2,1H3,(H,22,28)(H,23,24,26). The summed E-state index contributed by atoms with van der Waals surface area (Å²) >= 11 is 0. The van der Waals surface area contributed by atoms with Crippen LogP contribution in [0.1, 0.15) is 18.9 Å². The van der Waals surface area contributed by atoms with Gasteiger partial charge in [0.25, 0.3) is 11.7 Å². The van der Waals surface area contributed by atoms with Crippen LogP contribution in [0.4, 0.5) is 20.7 Å². The van der Waals surface area contributed by atoms with Gasteiger partial charge in [-0.25, -0.2) is 14.2 Å². The third-order valence-corrected chi connectivity index (χ3v) is 4.45. The predicted molar refractivity (Wildman–Crippen MR) is 105 cm³/mol. The molecule has 3 amide bonds. The molecule has 1 aliphatic heterocycles. The Kier molecular flexibility index (Phi) is 6.26. The van der Waals surface area contributed by atoms with Gasteiger partial charge in [-0.15, -0.1) is 0 Å². The number of rotatable bonds is 6. The van der Waals surface area contributed by atoms with Crippen molar-refractivity contribution in [3.63, 3.8) is 0 Å². The lowest BCUT2D eigenvalue weighted by atomic mass is 10.1. The topological polar surface area (TPSA) is 121 Å². The molecule has 2 aromatic rings. The van der Waals surface area contributed by atoms with Crippen molar-refractivity contribution in [3.05, 3.63) is 54.0 Å². The van der Waals surface area contributed by atoms with E-state index in [-0.39, 0.29) is 31.2 Å². The summed E-state index contributed by atoms with van der Waals surface area (Å²) in [6.45, 7) is 1.61. The summed E-state index contributed by atoms with van der Waals surface area (Å²) in [5, 5.41) is 15.4. The van der Waals surface area contributed by atoms with Gasteiger partial charge in [0.15, 0.2) is 0 Å². The smallest absolute Gasteiger partial charge is 0.407 e. The highest BCUT2D eigenvalue weighted by atomic mass is 19.1. The van der Waals surface area contributed by atoms with Crippen LogP contribution in [-0.2, 0) is 20.7 Å². The number of benzene rings is 1. The maximum atomic E-state index is 13.2. The Labute approximate surface area is 171 Å². The molecule has 0 radical (unpaired) electrons. The average molecular weight is 416 g/mol. The first-order valence-electron chi connectivity index (χ1n) is 9.26. The minimum Gasteiger partial charge on any atom is -0.407 e. The molecule has 10 heteroatoms. The van der Waals surface area contributed by atoms with Gasteiger partial charge in [0, 0.05) is 26.4 Å². The maximum absolute atomic E-state index is 13.2. The maximum Gasteiger partial charge on any atom is 0.410 e. The van der Waals surface area contributed by atoms with E-state index >= 15 is 0 Å². The second-order valence-corrected chi connectivity index (χ2v) is 6.77. The molecule has 158 valence electrons. The Morgan fingerprint density at radius 2 is 2.13 bits per heavy atom. The molecule has 9 nitrogen and oxygen atoms in total. The van der Waals surface area contributed by atoms with Gasteiger partial charge in [0.2, 0.25) is 5.91 Å². The summed E-state index contributed by atoms with van der Waals surface area (Å²) in [7, 11) is 0. The normalized spacial score (nSPS) is 18.2. The fourth-order valence-corrected chi connectivity index (χ4v) is 3.01. The number of aliphatic hydroxyl groups is 1. The molecular weight excluding hydrogens is 395 g/mol. The largest absolute Gasteiger partial charge is 0.410 e. The Hall–Kier alpha value is -3.53. The molecule has 1 aromatic heterocycles. The summed E-state index contributed by atoms with van der Waals surface area (Å²) in [6.07, 6.45) is 0.658. The van der Waals surface area contributed by atoms with Crippen molar-refractivity contribution in [2.75, 3.05) is 23.3 Å². The van der Waals surface area contributed by atoms with Crippen molar-refractivity contribution >= 4 is 29.4 Å². The lowest BCUT2D eigenvalue weighted by molar-refractivity contribution is -0.175. The molecule has 0 spiro atoms. The summed E-state index contributed by atoms with van der Waals surface area (Å²) in [5.74, 6) is -3.42. The van der Waals surface area contributed by atoms with Crippen molar-refractivity contribution < 1.29 is 28.6 Å². The van der Waals surface area contributed by atoms with Crippen LogP contribution in [0, 0.1) is 5.82 Å². The van der Waals surface area contributed by atoms with Crippen molar-refractivity contribution in [2.24, 2.45) is 0 Å². The Bertz CT molecular complexity index is 952. The number of hydrogen-bond donors (Lipinski definition) is 3. The fraction of sp³-hybridized carbons (Fsp3) is 0.300. The van der Waals surface area contributed by atoms with Crippen LogP contribution in [-0.4, -0.2) is 46.9 Å². The molecule has 2 heterocycles. The minimum absolute atomic E-state index is 0.114. The van der Waals surface area contributed by atoms with E-state index in [0.717, 1.165) is 0 Å². The molecular formula is C20H21FN4O5. The van der Waals surface area contributed by atoms with Crippen molar-refractivity contribution in [1.82, 2.24) is 10.3 Å². The molecule has 3 N–H and O–H groups in total. The van der Waals surface area contributed by atoms with Crippen molar-refractivity contribution in [2.45, 2.75) is 25.6 Å². The van der Waals surface area contributed by atoms with Crippen LogP contribution < -0.4 is 15.5 Å². The zero-order chi connectivity index (χ0) is 21.7. The van der Waals surface area contributed by atoms with Crippen molar-refractivity contribution in [1.29, 1.82) is 0 Å². The Balaban J connectivity index is 1.54. The van der Waals surface area contributed by atoms with Crippen LogP contribution in [0.25, 0.3) is 0 Å². The molecule has 1 unspecified atom stereocenters. The predicted octanol–water partition coefficient (Wildman–Crippen LogP) is 1.57. The first-order valence-corrected chi connectivity index (χ1v) is 9.26. The molecule has 0 aliphatic carbocycles. The molecule has 3 rings (SSSR count). The van der Waals surface area contributed by atoms with Gasteiger partial charge < -0.3 is 25.4 Å². The van der Waals surface area contributed by atoms with Gasteiger partial charge in [-0.3, -0.25) is 9.59 Å². The van der Waals surface area contributed by atoms with Gasteiger partial charge in [-0.2, -0.15) is 0 Å². The number of ether oxygens (including phenoxy) is 1. The molecule has 1 saturated heterocycles. The molecule has 1 aliphatic rings. The van der Waals surface area contributed by atoms with Gasteiger partial charge in [-0.1, -0.05) is 12.1 Å². The summed E-state index contributed by atoms with van der Waals surface area (Å²) in [4.78, 5) is 40.9. The number of amides is 3. The van der Waals surface area contributed by atoms with Crippen LogP contribution in [0.5, 0.6) is 0 Å². The number of pyridine rings is 1. The van der Waals surface area contributed by atoms with E-state index < -0.39 is 17.8 Å². The summed E-state index contributed by atoms with van der Waals surface area (Å²) < 4.78 is 18.1. The molecule has 30 heavy (non-hydrogen) atoms. The molecule has 1 atom stereocenters. The first-order chi connectivity index (χ1) is 14.3. The van der Waals surface area contributed by atoms with E-state index in [9.17, 15) is 23.9 Å². The number of halogens is 1. The highest BCUT2D eigenvalue weighted by molar-refractivity contribution is 6.01. The number of alkyl carbamates (subject to hydrolysis) is 1. The van der Waals surface area contributed by atoms with E-state index in [4.69, 9.17) is 4.74 Å². The SMILES string of the molecule is CC(=O)Nc1ccc(N2CCC(O)(OC(=O)NCCc3cccc(F)c3)C2=O)cn1. The van der Waals surface area contributed by atoms with Gasteiger partial charge in [0.1, 0.15) is 11.6 Å². The second kappa shape index (κ2) is 8.87. The van der Waals surface area contributed by atoms with Crippen LogP contribution in [0.15, 0.2) is 42.6 Å². The lowest BCUT2D eigenvalue weighted by Gasteiger charge is -2.22. The number of nitrogens with zero attached hydrogens (tertiary/aromatic N) is 2. The number of anilines is 2. The Morgan fingerprint density at radius 1 is 1.33 bits per heavy atom. The monoisotopic (exact) mass is 416 g/mol. The zero-order valence-electron chi connectivity index (χ0n) is 16.2. The second-order valence-electron chi connectivity index (χ2n) is 6.77. The highest BCUT2D eigenvalue weighted by Crippen LogP contribution is 2.29. The average Bonchev–Trinajstić information content (AvgIpc) is 2.97. The molecule has 0 saturated carbocycles. The molecule has 0 bridgehead atoms. The van der Waals surface area contributed by atoms with Gasteiger partial charge in [-0.05, 0) is 36.2 Å². The van der Waals surface area contributed by atoms with Crippen LogP contribution >= 0.6 is 0 Å². The van der Waals surface area contributed by atoms with Crippen LogP contribution in [0.3, 0.4) is 0 Å². The summed E-state index contributed by atoms with van der Waals surface area (Å²) in [6, 6.07) is 9.02. The molecule has 1 fully saturated rings. The van der Waals surface area contributed by atoms with E-state index in [0.29, 0.717) is 23.5 Å². The van der Waals surface area contributed by atoms with E-state index in [2.05, 4.69) is 15.6 Å². The van der Waals surface area contributed by atoms with Crippen molar-refractivity contribution in [3.8, 4) is 0 Å². The number of nitrogens with one attached hydrogen (secondary N) is 2. The lowest BCUT2D eigenvalue weighted by Crippen LogP contribution is -2.46. The van der Waals surface area contributed by atoms with E-state index in [1.54, 1.807) is 18.2 Å². The summed E-state index contributed by atoms with van der Waals surface area (Å²) in [5.41, 5.74) is 1.08. The van der Waals surface area contributed by atoms with E-state index in [1.165, 1.54) is 36.2 Å².